The van der Waals surface area contributed by atoms with E-state index in [1.54, 1.807) is 29.5 Å². The molecule has 2 aromatic heterocycles. The van der Waals surface area contributed by atoms with Gasteiger partial charge in [-0.15, -0.1) is 21.5 Å². The molecule has 3 aromatic carbocycles. The van der Waals surface area contributed by atoms with Crippen LogP contribution in [0.25, 0.3) is 0 Å². The average molecular weight is 655 g/mol. The highest BCUT2D eigenvalue weighted by Gasteiger charge is 2.33. The van der Waals surface area contributed by atoms with E-state index >= 15 is 0 Å². The fraction of sp³-hybridized carbons (Fsp3) is 0.206. The lowest BCUT2D eigenvalue weighted by atomic mass is 10.0. The number of rotatable bonds is 12. The molecule has 1 aliphatic heterocycles. The van der Waals surface area contributed by atoms with Crippen molar-refractivity contribution in [2.75, 3.05) is 12.9 Å². The van der Waals surface area contributed by atoms with Crippen LogP contribution in [0.2, 0.25) is 0 Å². The van der Waals surface area contributed by atoms with Crippen LogP contribution in [0.15, 0.2) is 107 Å². The Balaban J connectivity index is 1.20. The van der Waals surface area contributed by atoms with Crippen molar-refractivity contribution in [3.8, 4) is 5.75 Å². The van der Waals surface area contributed by atoms with Gasteiger partial charge in [-0.3, -0.25) is 9.59 Å². The number of hydrazone groups is 1. The Kier molecular flexibility index (Phi) is 9.85. The minimum Gasteiger partial charge on any atom is -0.497 e. The molecule has 234 valence electrons. The molecule has 5 aromatic rings. The summed E-state index contributed by atoms with van der Waals surface area (Å²) in [6, 6.07) is 27.3. The second-order valence-electron chi connectivity index (χ2n) is 10.5. The Morgan fingerprint density at radius 1 is 1.00 bits per heavy atom. The largest absolute Gasteiger partial charge is 0.497 e. The molecule has 0 saturated heterocycles. The number of halogens is 1. The third kappa shape index (κ3) is 7.19. The molecule has 1 aliphatic rings. The monoisotopic (exact) mass is 654 g/mol. The maximum atomic E-state index is 14.2. The molecule has 46 heavy (non-hydrogen) atoms. The molecule has 12 heteroatoms. The molecule has 9 nitrogen and oxygen atoms in total. The Morgan fingerprint density at radius 3 is 2.52 bits per heavy atom. The number of aryl methyl sites for hydroxylation is 1. The van der Waals surface area contributed by atoms with Crippen LogP contribution in [0.3, 0.4) is 0 Å². The second kappa shape index (κ2) is 14.5. The lowest BCUT2D eigenvalue weighted by molar-refractivity contribution is -0.130. The van der Waals surface area contributed by atoms with Gasteiger partial charge in [-0.1, -0.05) is 72.4 Å². The number of aromatic nitrogens is 3. The quantitative estimate of drug-likeness (QED) is 0.163. The van der Waals surface area contributed by atoms with Gasteiger partial charge in [-0.25, -0.2) is 9.40 Å². The first-order valence-electron chi connectivity index (χ1n) is 14.7. The Labute approximate surface area is 274 Å². The van der Waals surface area contributed by atoms with E-state index in [1.165, 1.54) is 30.0 Å². The molecule has 6 rings (SSSR count). The molecule has 0 aliphatic carbocycles. The molecular formula is C34H31FN6O3S2. The fourth-order valence-electron chi connectivity index (χ4n) is 5.18. The molecule has 1 N–H and O–H groups in total. The van der Waals surface area contributed by atoms with Crippen LogP contribution in [-0.4, -0.2) is 50.2 Å². The van der Waals surface area contributed by atoms with E-state index in [0.29, 0.717) is 30.4 Å². The number of methoxy groups -OCH3 is 1. The van der Waals surface area contributed by atoms with E-state index in [-0.39, 0.29) is 29.8 Å². The van der Waals surface area contributed by atoms with Gasteiger partial charge in [0.25, 0.3) is 11.8 Å². The van der Waals surface area contributed by atoms with Crippen LogP contribution in [0, 0.1) is 5.82 Å². The Hall–Kier alpha value is -4.81. The van der Waals surface area contributed by atoms with Gasteiger partial charge in [0.1, 0.15) is 11.6 Å². The maximum absolute atomic E-state index is 14.2. The number of hydrogen-bond donors (Lipinski definition) is 1. The minimum atomic E-state index is -0.597. The number of hydrogen-bond acceptors (Lipinski definition) is 8. The van der Waals surface area contributed by atoms with Crippen LogP contribution in [0.4, 0.5) is 4.39 Å². The Morgan fingerprint density at radius 2 is 1.78 bits per heavy atom. The third-order valence-corrected chi connectivity index (χ3v) is 9.45. The van der Waals surface area contributed by atoms with Crippen molar-refractivity contribution in [1.82, 2.24) is 25.1 Å². The number of nitrogens with zero attached hydrogens (tertiary/aromatic N) is 5. The van der Waals surface area contributed by atoms with E-state index in [1.807, 2.05) is 76.7 Å². The molecule has 0 spiro atoms. The number of thiophene rings is 1. The molecule has 0 saturated carbocycles. The highest BCUT2D eigenvalue weighted by Crippen LogP contribution is 2.35. The van der Waals surface area contributed by atoms with Crippen molar-refractivity contribution in [3.63, 3.8) is 0 Å². The zero-order valence-electron chi connectivity index (χ0n) is 25.0. The predicted molar refractivity (Wildman–Crippen MR) is 177 cm³/mol. The number of carbonyl (C=O) groups is 2. The normalized spacial score (nSPS) is 14.3. The molecular weight excluding hydrogens is 624 g/mol. The third-order valence-electron chi connectivity index (χ3n) is 7.58. The first-order valence-corrected chi connectivity index (χ1v) is 16.6. The summed E-state index contributed by atoms with van der Waals surface area (Å²) in [6.45, 7) is 0.570. The number of amides is 2. The van der Waals surface area contributed by atoms with Crippen LogP contribution >= 0.6 is 23.1 Å². The maximum Gasteiger partial charge on any atom is 0.254 e. The molecule has 0 fully saturated rings. The lowest BCUT2D eigenvalue weighted by Gasteiger charge is -2.22. The van der Waals surface area contributed by atoms with E-state index in [2.05, 4.69) is 15.5 Å². The summed E-state index contributed by atoms with van der Waals surface area (Å²) < 4.78 is 21.4. The molecule has 0 radical (unpaired) electrons. The van der Waals surface area contributed by atoms with Crippen molar-refractivity contribution in [1.29, 1.82) is 0 Å². The predicted octanol–water partition coefficient (Wildman–Crippen LogP) is 6.13. The first-order chi connectivity index (χ1) is 22.5. The van der Waals surface area contributed by atoms with Gasteiger partial charge < -0.3 is 14.6 Å². The zero-order chi connectivity index (χ0) is 31.9. The number of ether oxygens (including phenoxy) is 1. The van der Waals surface area contributed by atoms with E-state index < -0.39 is 11.7 Å². The summed E-state index contributed by atoms with van der Waals surface area (Å²) in [4.78, 5) is 27.5. The molecule has 0 unspecified atom stereocenters. The minimum absolute atomic E-state index is 0.0439. The van der Waals surface area contributed by atoms with Crippen molar-refractivity contribution in [3.05, 3.63) is 130 Å². The van der Waals surface area contributed by atoms with Gasteiger partial charge in [-0.2, -0.15) is 5.10 Å². The summed E-state index contributed by atoms with van der Waals surface area (Å²) in [5.41, 5.74) is 2.92. The summed E-state index contributed by atoms with van der Waals surface area (Å²) in [5, 5.41) is 20.4. The second-order valence-corrected chi connectivity index (χ2v) is 12.4. The number of carbonyl (C=O) groups excluding carboxylic acids is 2. The molecule has 1 atom stereocenters. The van der Waals surface area contributed by atoms with E-state index in [4.69, 9.17) is 9.84 Å². The van der Waals surface area contributed by atoms with Gasteiger partial charge in [0.05, 0.1) is 41.6 Å². The zero-order valence-corrected chi connectivity index (χ0v) is 26.6. The average Bonchev–Trinajstić information content (AvgIpc) is 3.86. The highest BCUT2D eigenvalue weighted by atomic mass is 32.2. The topological polar surface area (TPSA) is 102 Å². The summed E-state index contributed by atoms with van der Waals surface area (Å²) in [7, 11) is 1.62. The summed E-state index contributed by atoms with van der Waals surface area (Å²) >= 11 is 2.87. The first kappa shape index (κ1) is 31.2. The molecule has 2 amide bonds. The molecule has 0 bridgehead atoms. The smallest absolute Gasteiger partial charge is 0.254 e. The van der Waals surface area contributed by atoms with Gasteiger partial charge in [0.2, 0.25) is 0 Å². The van der Waals surface area contributed by atoms with Gasteiger partial charge in [0, 0.05) is 13.0 Å². The Bertz CT molecular complexity index is 1830. The van der Waals surface area contributed by atoms with Gasteiger partial charge >= 0.3 is 0 Å². The van der Waals surface area contributed by atoms with Gasteiger partial charge in [-0.05, 0) is 53.3 Å². The van der Waals surface area contributed by atoms with Crippen LogP contribution in [0.5, 0.6) is 5.75 Å². The SMILES string of the molecule is COc1ccc([C@H]2CC(c3cccs3)=NN2C(=O)CSc2nnc(CNC(=O)c3ccccc3F)n2CCc2ccccc2)cc1. The fourth-order valence-corrected chi connectivity index (χ4v) is 6.73. The number of nitrogens with one attached hydrogen (secondary N) is 1. The van der Waals surface area contributed by atoms with Crippen molar-refractivity contribution in [2.24, 2.45) is 5.10 Å². The summed E-state index contributed by atoms with van der Waals surface area (Å²) in [6.07, 6.45) is 1.29. The van der Waals surface area contributed by atoms with Crippen molar-refractivity contribution >= 4 is 40.6 Å². The van der Waals surface area contributed by atoms with E-state index in [9.17, 15) is 14.0 Å². The number of thioether (sulfide) groups is 1. The number of benzene rings is 3. The van der Waals surface area contributed by atoms with Gasteiger partial charge in [0.15, 0.2) is 11.0 Å². The standard InChI is InChI=1S/C34H31FN6O3S2/c1-44-25-15-13-24(14-16-25)29-20-28(30-12-7-19-45-30)39-41(29)32(42)22-46-34-38-37-31(40(34)18-17-23-8-3-2-4-9-23)21-36-33(43)26-10-5-6-11-27(26)35/h2-16,19,29H,17-18,20-22H2,1H3,(H,36,43)/t29-/m1/s1. The van der Waals surface area contributed by atoms with Crippen LogP contribution in [0.1, 0.15) is 44.6 Å². The van der Waals surface area contributed by atoms with Crippen LogP contribution < -0.4 is 10.1 Å². The van der Waals surface area contributed by atoms with Crippen molar-refractivity contribution < 1.29 is 18.7 Å². The highest BCUT2D eigenvalue weighted by molar-refractivity contribution is 7.99. The van der Waals surface area contributed by atoms with E-state index in [0.717, 1.165) is 27.5 Å². The van der Waals surface area contributed by atoms with Crippen LogP contribution in [-0.2, 0) is 24.3 Å². The van der Waals surface area contributed by atoms with Crippen molar-refractivity contribution in [2.45, 2.75) is 37.1 Å². The lowest BCUT2D eigenvalue weighted by Crippen LogP contribution is -2.28. The molecule has 3 heterocycles. The summed E-state index contributed by atoms with van der Waals surface area (Å²) in [5.74, 6) is 0.0255.